The number of H-pyrrole nitrogens is 1. The molecule has 2 aromatic rings. The van der Waals surface area contributed by atoms with E-state index < -0.39 is 5.97 Å². The molecule has 2 rings (SSSR count). The Morgan fingerprint density at radius 3 is 2.52 bits per heavy atom. The van der Waals surface area contributed by atoms with Crippen molar-refractivity contribution in [1.82, 2.24) is 4.98 Å². The van der Waals surface area contributed by atoms with Crippen molar-refractivity contribution in [2.24, 2.45) is 0 Å². The van der Waals surface area contributed by atoms with Crippen LogP contribution in [-0.2, 0) is 11.2 Å². The summed E-state index contributed by atoms with van der Waals surface area (Å²) >= 11 is 0. The van der Waals surface area contributed by atoms with E-state index in [9.17, 15) is 9.59 Å². The third-order valence-corrected chi connectivity index (χ3v) is 3.09. The predicted octanol–water partition coefficient (Wildman–Crippen LogP) is 2.21. The average molecular weight is 288 g/mol. The lowest BCUT2D eigenvalue weighted by atomic mass is 10.1. The molecular weight excluding hydrogens is 272 g/mol. The van der Waals surface area contributed by atoms with Crippen LogP contribution in [0.25, 0.3) is 0 Å². The summed E-state index contributed by atoms with van der Waals surface area (Å²) in [7, 11) is 1.57. The highest BCUT2D eigenvalue weighted by Gasteiger charge is 2.17. The van der Waals surface area contributed by atoms with Gasteiger partial charge in [-0.05, 0) is 24.6 Å². The van der Waals surface area contributed by atoms with Crippen molar-refractivity contribution in [1.29, 1.82) is 0 Å². The fraction of sp³-hybridized carbons (Fsp3) is 0.200. The summed E-state index contributed by atoms with van der Waals surface area (Å²) in [6.07, 6.45) is 1.64. The van der Waals surface area contributed by atoms with Crippen molar-refractivity contribution < 1.29 is 19.4 Å². The molecule has 0 unspecified atom stereocenters. The third kappa shape index (κ3) is 3.42. The number of aromatic amines is 1. The lowest BCUT2D eigenvalue weighted by Gasteiger charge is -2.06. The van der Waals surface area contributed by atoms with Crippen LogP contribution in [0.1, 0.15) is 21.6 Å². The highest BCUT2D eigenvalue weighted by atomic mass is 16.5. The van der Waals surface area contributed by atoms with Gasteiger partial charge in [-0.3, -0.25) is 4.79 Å². The van der Waals surface area contributed by atoms with Gasteiger partial charge in [0.05, 0.1) is 19.2 Å². The Labute approximate surface area is 121 Å². The molecule has 0 bridgehead atoms. The number of amides is 1. The van der Waals surface area contributed by atoms with Gasteiger partial charge in [0.15, 0.2) is 0 Å². The summed E-state index contributed by atoms with van der Waals surface area (Å²) in [5.74, 6) is -0.635. The minimum absolute atomic E-state index is 0.0816. The molecule has 1 aromatic heterocycles. The minimum atomic E-state index is -1.08. The zero-order valence-electron chi connectivity index (χ0n) is 11.8. The molecule has 110 valence electrons. The van der Waals surface area contributed by atoms with Crippen molar-refractivity contribution in [3.8, 4) is 5.75 Å². The zero-order chi connectivity index (χ0) is 15.4. The number of aryl methyl sites for hydroxylation is 1. The summed E-state index contributed by atoms with van der Waals surface area (Å²) in [6.45, 7) is 1.64. The van der Waals surface area contributed by atoms with Crippen molar-refractivity contribution in [3.05, 3.63) is 47.3 Å². The first kappa shape index (κ1) is 14.6. The van der Waals surface area contributed by atoms with Crippen LogP contribution in [0.4, 0.5) is 5.69 Å². The second-order valence-corrected chi connectivity index (χ2v) is 4.58. The van der Waals surface area contributed by atoms with Gasteiger partial charge in [-0.1, -0.05) is 12.1 Å². The van der Waals surface area contributed by atoms with Gasteiger partial charge >= 0.3 is 5.97 Å². The van der Waals surface area contributed by atoms with Crippen LogP contribution in [-0.4, -0.2) is 29.1 Å². The number of aromatic carboxylic acids is 1. The Bertz CT molecular complexity index is 659. The molecule has 6 heteroatoms. The summed E-state index contributed by atoms with van der Waals surface area (Å²) in [5.41, 5.74) is 1.68. The van der Waals surface area contributed by atoms with E-state index in [0.717, 1.165) is 5.56 Å². The lowest BCUT2D eigenvalue weighted by molar-refractivity contribution is -0.115. The number of nitrogens with one attached hydrogen (secondary N) is 2. The van der Waals surface area contributed by atoms with E-state index in [1.165, 1.54) is 6.20 Å². The molecule has 0 fully saturated rings. The topological polar surface area (TPSA) is 91.4 Å². The van der Waals surface area contributed by atoms with Gasteiger partial charge in [0.25, 0.3) is 0 Å². The zero-order valence-corrected chi connectivity index (χ0v) is 11.8. The quantitative estimate of drug-likeness (QED) is 0.786. The fourth-order valence-corrected chi connectivity index (χ4v) is 2.02. The number of hydrogen-bond acceptors (Lipinski definition) is 3. The van der Waals surface area contributed by atoms with Crippen molar-refractivity contribution in [2.75, 3.05) is 12.4 Å². The third-order valence-electron chi connectivity index (χ3n) is 3.09. The van der Waals surface area contributed by atoms with Crippen molar-refractivity contribution >= 4 is 17.6 Å². The average Bonchev–Trinajstić information content (AvgIpc) is 2.80. The number of anilines is 1. The molecule has 0 saturated carbocycles. The monoisotopic (exact) mass is 288 g/mol. The lowest BCUT2D eigenvalue weighted by Crippen LogP contribution is -2.16. The van der Waals surface area contributed by atoms with Crippen LogP contribution >= 0.6 is 0 Å². The predicted molar refractivity (Wildman–Crippen MR) is 77.8 cm³/mol. The molecule has 0 aliphatic carbocycles. The fourth-order valence-electron chi connectivity index (χ4n) is 2.02. The van der Waals surface area contributed by atoms with E-state index >= 15 is 0 Å². The van der Waals surface area contributed by atoms with Crippen molar-refractivity contribution in [2.45, 2.75) is 13.3 Å². The molecule has 0 spiro atoms. The Balaban J connectivity index is 2.06. The molecular formula is C15H16N2O4. The molecule has 21 heavy (non-hydrogen) atoms. The Morgan fingerprint density at radius 1 is 1.29 bits per heavy atom. The molecule has 0 saturated heterocycles. The maximum Gasteiger partial charge on any atom is 0.339 e. The number of benzene rings is 1. The van der Waals surface area contributed by atoms with Crippen LogP contribution < -0.4 is 10.1 Å². The van der Waals surface area contributed by atoms with Crippen LogP contribution in [0.15, 0.2) is 30.5 Å². The van der Waals surface area contributed by atoms with Crippen LogP contribution in [0.2, 0.25) is 0 Å². The molecule has 0 atom stereocenters. The molecule has 1 heterocycles. The van der Waals surface area contributed by atoms with Gasteiger partial charge < -0.3 is 20.1 Å². The van der Waals surface area contributed by atoms with E-state index in [1.807, 2.05) is 0 Å². The standard InChI is InChI=1S/C15H16N2O4/c1-9-14(15(19)20)12(8-16-9)17-13(18)7-10-3-5-11(21-2)6-4-10/h3-6,8,16H,7H2,1-2H3,(H,17,18)(H,19,20). The minimum Gasteiger partial charge on any atom is -0.497 e. The summed E-state index contributed by atoms with van der Waals surface area (Å²) in [5, 5.41) is 11.7. The van der Waals surface area contributed by atoms with Gasteiger partial charge in [-0.15, -0.1) is 0 Å². The number of carboxylic acids is 1. The van der Waals surface area contributed by atoms with Crippen LogP contribution in [0.3, 0.4) is 0 Å². The Kier molecular flexibility index (Phi) is 4.27. The molecule has 1 amide bonds. The maximum absolute atomic E-state index is 12.0. The van der Waals surface area contributed by atoms with E-state index in [0.29, 0.717) is 11.4 Å². The molecule has 0 radical (unpaired) electrons. The van der Waals surface area contributed by atoms with E-state index in [-0.39, 0.29) is 23.6 Å². The first-order valence-electron chi connectivity index (χ1n) is 6.35. The second kappa shape index (κ2) is 6.13. The summed E-state index contributed by atoms with van der Waals surface area (Å²) in [6, 6.07) is 7.12. The second-order valence-electron chi connectivity index (χ2n) is 4.58. The van der Waals surface area contributed by atoms with Gasteiger partial charge in [-0.2, -0.15) is 0 Å². The van der Waals surface area contributed by atoms with Crippen LogP contribution in [0.5, 0.6) is 5.75 Å². The summed E-state index contributed by atoms with van der Waals surface area (Å²) < 4.78 is 5.04. The van der Waals surface area contributed by atoms with Gasteiger partial charge in [0.1, 0.15) is 11.3 Å². The van der Waals surface area contributed by atoms with Gasteiger partial charge in [0, 0.05) is 11.9 Å². The number of aromatic nitrogens is 1. The highest BCUT2D eigenvalue weighted by molar-refractivity contribution is 6.01. The van der Waals surface area contributed by atoms with E-state index in [2.05, 4.69) is 10.3 Å². The van der Waals surface area contributed by atoms with E-state index in [1.54, 1.807) is 38.3 Å². The molecule has 0 aliphatic rings. The maximum atomic E-state index is 12.0. The van der Waals surface area contributed by atoms with Gasteiger partial charge in [0.2, 0.25) is 5.91 Å². The number of carbonyl (C=O) groups excluding carboxylic acids is 1. The SMILES string of the molecule is COc1ccc(CC(=O)Nc2c[nH]c(C)c2C(=O)O)cc1. The number of rotatable bonds is 5. The molecule has 6 nitrogen and oxygen atoms in total. The number of carbonyl (C=O) groups is 2. The van der Waals surface area contributed by atoms with Crippen LogP contribution in [0, 0.1) is 6.92 Å². The van der Waals surface area contributed by atoms with Gasteiger partial charge in [-0.25, -0.2) is 4.79 Å². The Morgan fingerprint density at radius 2 is 1.95 bits per heavy atom. The first-order chi connectivity index (χ1) is 10.0. The smallest absolute Gasteiger partial charge is 0.339 e. The first-order valence-corrected chi connectivity index (χ1v) is 6.35. The number of ether oxygens (including phenoxy) is 1. The molecule has 3 N–H and O–H groups in total. The Hall–Kier alpha value is -2.76. The largest absolute Gasteiger partial charge is 0.497 e. The normalized spacial score (nSPS) is 10.2. The number of carboxylic acid groups (broad SMARTS) is 1. The molecule has 1 aromatic carbocycles. The summed E-state index contributed by atoms with van der Waals surface area (Å²) in [4.78, 5) is 25.9. The number of hydrogen-bond donors (Lipinski definition) is 3. The highest BCUT2D eigenvalue weighted by Crippen LogP contribution is 2.19. The van der Waals surface area contributed by atoms with Crippen molar-refractivity contribution in [3.63, 3.8) is 0 Å². The molecule has 0 aliphatic heterocycles. The van der Waals surface area contributed by atoms with E-state index in [4.69, 9.17) is 9.84 Å². The number of methoxy groups -OCH3 is 1.